The summed E-state index contributed by atoms with van der Waals surface area (Å²) in [6.45, 7) is 3.51. The molecule has 0 aromatic heterocycles. The van der Waals surface area contributed by atoms with E-state index in [-0.39, 0.29) is 11.9 Å². The van der Waals surface area contributed by atoms with Gasteiger partial charge in [-0.1, -0.05) is 6.07 Å². The number of carbonyl (C=O) groups is 1. The second-order valence-electron chi connectivity index (χ2n) is 4.42. The normalized spacial score (nSPS) is 21.8. The van der Waals surface area contributed by atoms with Crippen LogP contribution in [0.3, 0.4) is 0 Å². The molecule has 2 heterocycles. The summed E-state index contributed by atoms with van der Waals surface area (Å²) >= 11 is 0. The van der Waals surface area contributed by atoms with Crippen molar-refractivity contribution < 1.29 is 9.53 Å². The molecule has 1 unspecified atom stereocenters. The molecular weight excluding hydrogens is 216 g/mol. The molecular formula is C13H16N2O2. The van der Waals surface area contributed by atoms with Crippen LogP contribution >= 0.6 is 0 Å². The first kappa shape index (κ1) is 10.4. The second kappa shape index (κ2) is 3.95. The van der Waals surface area contributed by atoms with E-state index in [4.69, 9.17) is 4.74 Å². The van der Waals surface area contributed by atoms with Gasteiger partial charge in [0.2, 0.25) is 5.91 Å². The Morgan fingerprint density at radius 3 is 3.24 bits per heavy atom. The summed E-state index contributed by atoms with van der Waals surface area (Å²) in [6, 6.07) is 5.95. The summed E-state index contributed by atoms with van der Waals surface area (Å²) in [5.41, 5.74) is 1.93. The van der Waals surface area contributed by atoms with Crippen molar-refractivity contribution in [3.8, 4) is 5.75 Å². The Balaban J connectivity index is 2.06. The lowest BCUT2D eigenvalue weighted by molar-refractivity contribution is -0.117. The Kier molecular flexibility index (Phi) is 2.42. The Morgan fingerprint density at radius 2 is 2.41 bits per heavy atom. The molecule has 1 atom stereocenters. The predicted molar refractivity (Wildman–Crippen MR) is 66.6 cm³/mol. The Bertz CT molecular complexity index is 459. The van der Waals surface area contributed by atoms with Crippen LogP contribution in [0.2, 0.25) is 0 Å². The van der Waals surface area contributed by atoms with Crippen molar-refractivity contribution in [2.24, 2.45) is 0 Å². The number of fused-ring (bicyclic) bond motifs is 3. The van der Waals surface area contributed by atoms with E-state index >= 15 is 0 Å². The SMILES string of the molecule is CCOc1cccc2c1NC(=O)C1CCCN21. The molecule has 0 aliphatic carbocycles. The van der Waals surface area contributed by atoms with Crippen LogP contribution in [0.25, 0.3) is 0 Å². The summed E-state index contributed by atoms with van der Waals surface area (Å²) in [6.07, 6.45) is 2.03. The Morgan fingerprint density at radius 1 is 1.53 bits per heavy atom. The summed E-state index contributed by atoms with van der Waals surface area (Å²) in [7, 11) is 0. The van der Waals surface area contributed by atoms with Crippen LogP contribution in [0.5, 0.6) is 5.75 Å². The largest absolute Gasteiger partial charge is 0.492 e. The number of benzene rings is 1. The summed E-state index contributed by atoms with van der Waals surface area (Å²) < 4.78 is 5.56. The minimum Gasteiger partial charge on any atom is -0.492 e. The third kappa shape index (κ3) is 1.55. The molecule has 4 heteroatoms. The quantitative estimate of drug-likeness (QED) is 0.848. The van der Waals surface area contributed by atoms with E-state index in [2.05, 4.69) is 16.3 Å². The molecule has 1 aromatic rings. The molecule has 4 nitrogen and oxygen atoms in total. The van der Waals surface area contributed by atoms with Crippen LogP contribution < -0.4 is 15.0 Å². The van der Waals surface area contributed by atoms with E-state index in [9.17, 15) is 4.79 Å². The number of rotatable bonds is 2. The number of carbonyl (C=O) groups excluding carboxylic acids is 1. The number of amides is 1. The molecule has 90 valence electrons. The minimum absolute atomic E-state index is 0.0133. The van der Waals surface area contributed by atoms with Gasteiger partial charge in [0.25, 0.3) is 0 Å². The van der Waals surface area contributed by atoms with E-state index in [1.807, 2.05) is 19.1 Å². The van der Waals surface area contributed by atoms with Crippen LogP contribution in [0.1, 0.15) is 19.8 Å². The molecule has 2 aliphatic rings. The second-order valence-corrected chi connectivity index (χ2v) is 4.42. The van der Waals surface area contributed by atoms with Crippen molar-refractivity contribution >= 4 is 17.3 Å². The maximum atomic E-state index is 12.0. The number of hydrogen-bond acceptors (Lipinski definition) is 3. The number of anilines is 2. The summed E-state index contributed by atoms with van der Waals surface area (Å²) in [5.74, 6) is 0.867. The van der Waals surface area contributed by atoms with Gasteiger partial charge < -0.3 is 15.0 Å². The van der Waals surface area contributed by atoms with E-state index in [0.717, 1.165) is 36.5 Å². The Hall–Kier alpha value is -1.71. The van der Waals surface area contributed by atoms with Crippen LogP contribution in [0.15, 0.2) is 18.2 Å². The van der Waals surface area contributed by atoms with Crippen molar-refractivity contribution in [1.82, 2.24) is 0 Å². The van der Waals surface area contributed by atoms with Crippen LogP contribution in [0, 0.1) is 0 Å². The van der Waals surface area contributed by atoms with E-state index in [1.165, 1.54) is 0 Å². The lowest BCUT2D eigenvalue weighted by Gasteiger charge is -2.33. The van der Waals surface area contributed by atoms with Gasteiger partial charge in [0.15, 0.2) is 0 Å². The molecule has 3 rings (SSSR count). The van der Waals surface area contributed by atoms with Gasteiger partial charge in [-0.2, -0.15) is 0 Å². The maximum absolute atomic E-state index is 12.0. The molecule has 17 heavy (non-hydrogen) atoms. The maximum Gasteiger partial charge on any atom is 0.247 e. The van der Waals surface area contributed by atoms with E-state index < -0.39 is 0 Å². The molecule has 2 aliphatic heterocycles. The van der Waals surface area contributed by atoms with Gasteiger partial charge in [0.05, 0.1) is 12.3 Å². The number of ether oxygens (including phenoxy) is 1. The molecule has 0 spiro atoms. The lowest BCUT2D eigenvalue weighted by Crippen LogP contribution is -2.44. The van der Waals surface area contributed by atoms with Gasteiger partial charge in [0, 0.05) is 6.54 Å². The van der Waals surface area contributed by atoms with Gasteiger partial charge in [-0.05, 0) is 31.9 Å². The van der Waals surface area contributed by atoms with Crippen molar-refractivity contribution in [3.63, 3.8) is 0 Å². The zero-order valence-electron chi connectivity index (χ0n) is 9.90. The lowest BCUT2D eigenvalue weighted by atomic mass is 10.1. The van der Waals surface area contributed by atoms with Crippen LogP contribution in [0.4, 0.5) is 11.4 Å². The molecule has 0 saturated carbocycles. The first-order valence-electron chi connectivity index (χ1n) is 6.14. The highest BCUT2D eigenvalue weighted by Gasteiger charge is 2.37. The standard InChI is InChI=1S/C13H16N2O2/c1-2-17-11-7-3-5-9-12(11)14-13(16)10-6-4-8-15(9)10/h3,5,7,10H,2,4,6,8H2,1H3,(H,14,16). The van der Waals surface area contributed by atoms with Crippen molar-refractivity contribution in [2.45, 2.75) is 25.8 Å². The van der Waals surface area contributed by atoms with Crippen molar-refractivity contribution in [2.75, 3.05) is 23.4 Å². The van der Waals surface area contributed by atoms with Crippen molar-refractivity contribution in [3.05, 3.63) is 18.2 Å². The van der Waals surface area contributed by atoms with Crippen LogP contribution in [-0.2, 0) is 4.79 Å². The van der Waals surface area contributed by atoms with Gasteiger partial charge in [-0.25, -0.2) is 0 Å². The molecule has 1 N–H and O–H groups in total. The third-order valence-corrected chi connectivity index (χ3v) is 3.42. The smallest absolute Gasteiger partial charge is 0.247 e. The monoisotopic (exact) mass is 232 g/mol. The van der Waals surface area contributed by atoms with Gasteiger partial charge in [-0.3, -0.25) is 4.79 Å². The average Bonchev–Trinajstić information content (AvgIpc) is 2.81. The molecule has 1 fully saturated rings. The topological polar surface area (TPSA) is 41.6 Å². The summed E-state index contributed by atoms with van der Waals surface area (Å²) in [4.78, 5) is 14.2. The third-order valence-electron chi connectivity index (χ3n) is 3.42. The van der Waals surface area contributed by atoms with Crippen LogP contribution in [-0.4, -0.2) is 25.1 Å². The predicted octanol–water partition coefficient (Wildman–Crippen LogP) is 2.01. The molecule has 0 radical (unpaired) electrons. The zero-order valence-corrected chi connectivity index (χ0v) is 9.90. The van der Waals surface area contributed by atoms with E-state index in [1.54, 1.807) is 0 Å². The molecule has 0 bridgehead atoms. The van der Waals surface area contributed by atoms with Gasteiger partial charge in [-0.15, -0.1) is 0 Å². The molecule has 1 saturated heterocycles. The first-order valence-corrected chi connectivity index (χ1v) is 6.14. The average molecular weight is 232 g/mol. The number of nitrogens with one attached hydrogen (secondary N) is 1. The fraction of sp³-hybridized carbons (Fsp3) is 0.462. The highest BCUT2D eigenvalue weighted by Crippen LogP contribution is 2.41. The van der Waals surface area contributed by atoms with Crippen molar-refractivity contribution in [1.29, 1.82) is 0 Å². The number of para-hydroxylation sites is 1. The number of hydrogen-bond donors (Lipinski definition) is 1. The number of nitrogens with zero attached hydrogens (tertiary/aromatic N) is 1. The first-order chi connectivity index (χ1) is 8.31. The summed E-state index contributed by atoms with van der Waals surface area (Å²) in [5, 5.41) is 2.98. The highest BCUT2D eigenvalue weighted by molar-refractivity contribution is 6.05. The van der Waals surface area contributed by atoms with Gasteiger partial charge in [0.1, 0.15) is 17.5 Å². The molecule has 1 amide bonds. The Labute approximate surface area is 101 Å². The fourth-order valence-corrected chi connectivity index (χ4v) is 2.69. The molecule has 1 aromatic carbocycles. The minimum atomic E-state index is 0.0133. The fourth-order valence-electron chi connectivity index (χ4n) is 2.69. The van der Waals surface area contributed by atoms with Gasteiger partial charge >= 0.3 is 0 Å². The van der Waals surface area contributed by atoms with E-state index in [0.29, 0.717) is 6.61 Å². The zero-order chi connectivity index (χ0) is 11.8. The highest BCUT2D eigenvalue weighted by atomic mass is 16.5.